The van der Waals surface area contributed by atoms with Gasteiger partial charge >= 0.3 is 0 Å². The number of thioether (sulfide) groups is 1. The second-order valence-electron chi connectivity index (χ2n) is 5.50. The highest BCUT2D eigenvalue weighted by molar-refractivity contribution is 8.01. The Labute approximate surface area is 128 Å². The molecule has 0 amide bonds. The van der Waals surface area contributed by atoms with Crippen molar-refractivity contribution >= 4 is 23.1 Å². The second kappa shape index (κ2) is 6.29. The highest BCUT2D eigenvalue weighted by Crippen LogP contribution is 2.40. The summed E-state index contributed by atoms with van der Waals surface area (Å²) in [4.78, 5) is 4.56. The summed E-state index contributed by atoms with van der Waals surface area (Å²) in [6.07, 6.45) is 3.48. The van der Waals surface area contributed by atoms with E-state index in [9.17, 15) is 0 Å². The minimum absolute atomic E-state index is 0.296. The standard InChI is InChI=1S/C16H20N2S2/c1-11-10-19-16(18-11)20-15-9-13(7-8-14(15)17)12-5-3-2-4-6-12/h2-6,10,13-15H,7-9,17H2,1H3. The number of nitrogens with two attached hydrogens (primary N) is 1. The first-order valence-electron chi connectivity index (χ1n) is 7.11. The Morgan fingerprint density at radius 1 is 1.25 bits per heavy atom. The molecular weight excluding hydrogens is 284 g/mol. The molecule has 106 valence electrons. The zero-order chi connectivity index (χ0) is 13.9. The third-order valence-corrected chi connectivity index (χ3v) is 6.43. The SMILES string of the molecule is Cc1csc(SC2CC(c3ccccc3)CCC2N)n1. The average molecular weight is 304 g/mol. The molecule has 1 fully saturated rings. The predicted molar refractivity (Wildman–Crippen MR) is 87.5 cm³/mol. The molecule has 1 saturated carbocycles. The van der Waals surface area contributed by atoms with Gasteiger partial charge < -0.3 is 5.73 Å². The van der Waals surface area contributed by atoms with Gasteiger partial charge in [-0.05, 0) is 37.7 Å². The molecule has 1 aromatic heterocycles. The Bertz CT molecular complexity index is 553. The van der Waals surface area contributed by atoms with E-state index in [2.05, 4.69) is 40.7 Å². The summed E-state index contributed by atoms with van der Waals surface area (Å²) < 4.78 is 1.16. The second-order valence-corrected chi connectivity index (χ2v) is 7.84. The lowest BCUT2D eigenvalue weighted by Crippen LogP contribution is -2.37. The van der Waals surface area contributed by atoms with E-state index in [0.717, 1.165) is 22.9 Å². The van der Waals surface area contributed by atoms with E-state index in [1.54, 1.807) is 11.3 Å². The number of hydrogen-bond donors (Lipinski definition) is 1. The summed E-state index contributed by atoms with van der Waals surface area (Å²) in [5.41, 5.74) is 8.90. The van der Waals surface area contributed by atoms with E-state index in [-0.39, 0.29) is 0 Å². The van der Waals surface area contributed by atoms with Gasteiger partial charge in [0.2, 0.25) is 0 Å². The average Bonchev–Trinajstić information content (AvgIpc) is 2.88. The van der Waals surface area contributed by atoms with Gasteiger partial charge in [0.1, 0.15) is 4.34 Å². The van der Waals surface area contributed by atoms with E-state index < -0.39 is 0 Å². The van der Waals surface area contributed by atoms with Gasteiger partial charge in [0.05, 0.1) is 0 Å². The predicted octanol–water partition coefficient (Wildman–Crippen LogP) is 4.21. The van der Waals surface area contributed by atoms with Crippen LogP contribution in [0.25, 0.3) is 0 Å². The first-order valence-corrected chi connectivity index (χ1v) is 8.87. The maximum absolute atomic E-state index is 6.33. The molecule has 1 aliphatic rings. The number of rotatable bonds is 3. The first kappa shape index (κ1) is 14.1. The molecule has 1 aliphatic carbocycles. The van der Waals surface area contributed by atoms with Gasteiger partial charge in [-0.1, -0.05) is 42.1 Å². The zero-order valence-electron chi connectivity index (χ0n) is 11.7. The Hall–Kier alpha value is -0.840. The largest absolute Gasteiger partial charge is 0.327 e. The first-order chi connectivity index (χ1) is 9.72. The molecule has 1 aromatic carbocycles. The third-order valence-electron chi connectivity index (χ3n) is 3.96. The number of nitrogens with zero attached hydrogens (tertiary/aromatic N) is 1. The van der Waals surface area contributed by atoms with Crippen molar-refractivity contribution in [1.29, 1.82) is 0 Å². The zero-order valence-corrected chi connectivity index (χ0v) is 13.3. The smallest absolute Gasteiger partial charge is 0.150 e. The molecule has 20 heavy (non-hydrogen) atoms. The topological polar surface area (TPSA) is 38.9 Å². The molecule has 3 rings (SSSR count). The molecule has 2 aromatic rings. The van der Waals surface area contributed by atoms with Crippen LogP contribution in [0.5, 0.6) is 0 Å². The van der Waals surface area contributed by atoms with Gasteiger partial charge in [0, 0.05) is 22.4 Å². The van der Waals surface area contributed by atoms with Crippen molar-refractivity contribution in [3.63, 3.8) is 0 Å². The van der Waals surface area contributed by atoms with E-state index in [0.29, 0.717) is 17.2 Å². The molecule has 2 N–H and O–H groups in total. The molecule has 0 radical (unpaired) electrons. The lowest BCUT2D eigenvalue weighted by molar-refractivity contribution is 0.406. The number of thiazole rings is 1. The van der Waals surface area contributed by atoms with Gasteiger partial charge in [-0.2, -0.15) is 0 Å². The Kier molecular flexibility index (Phi) is 4.44. The summed E-state index contributed by atoms with van der Waals surface area (Å²) >= 11 is 3.61. The van der Waals surface area contributed by atoms with Crippen LogP contribution >= 0.6 is 23.1 Å². The van der Waals surface area contributed by atoms with Gasteiger partial charge in [-0.15, -0.1) is 11.3 Å². The van der Waals surface area contributed by atoms with Gasteiger partial charge in [0.15, 0.2) is 0 Å². The molecule has 0 saturated heterocycles. The van der Waals surface area contributed by atoms with E-state index in [1.807, 2.05) is 18.7 Å². The number of benzene rings is 1. The molecule has 4 heteroatoms. The monoisotopic (exact) mass is 304 g/mol. The van der Waals surface area contributed by atoms with E-state index in [1.165, 1.54) is 12.0 Å². The third kappa shape index (κ3) is 3.25. The van der Waals surface area contributed by atoms with Crippen molar-refractivity contribution in [2.24, 2.45) is 5.73 Å². The van der Waals surface area contributed by atoms with Crippen molar-refractivity contribution in [3.8, 4) is 0 Å². The highest BCUT2D eigenvalue weighted by atomic mass is 32.2. The van der Waals surface area contributed by atoms with Gasteiger partial charge in [-0.25, -0.2) is 4.98 Å². The fraction of sp³-hybridized carbons (Fsp3) is 0.438. The number of hydrogen-bond acceptors (Lipinski definition) is 4. The Morgan fingerprint density at radius 2 is 2.05 bits per heavy atom. The molecule has 1 heterocycles. The summed E-state index contributed by atoms with van der Waals surface area (Å²) in [5.74, 6) is 0.648. The summed E-state index contributed by atoms with van der Waals surface area (Å²) in [6.45, 7) is 2.05. The van der Waals surface area contributed by atoms with Crippen molar-refractivity contribution in [2.75, 3.05) is 0 Å². The van der Waals surface area contributed by atoms with Crippen LogP contribution in [0.4, 0.5) is 0 Å². The number of aryl methyl sites for hydroxylation is 1. The molecule has 3 atom stereocenters. The van der Waals surface area contributed by atoms with Gasteiger partial charge in [0.25, 0.3) is 0 Å². The van der Waals surface area contributed by atoms with Crippen LogP contribution in [0.15, 0.2) is 40.1 Å². The van der Waals surface area contributed by atoms with Crippen LogP contribution < -0.4 is 5.73 Å². The molecular formula is C16H20N2S2. The highest BCUT2D eigenvalue weighted by Gasteiger charge is 2.30. The van der Waals surface area contributed by atoms with Crippen LogP contribution in [0.1, 0.15) is 36.4 Å². The quantitative estimate of drug-likeness (QED) is 0.923. The lowest BCUT2D eigenvalue weighted by atomic mass is 9.82. The van der Waals surface area contributed by atoms with Crippen molar-refractivity contribution in [1.82, 2.24) is 4.98 Å². The Morgan fingerprint density at radius 3 is 2.75 bits per heavy atom. The van der Waals surface area contributed by atoms with Gasteiger partial charge in [-0.3, -0.25) is 0 Å². The normalized spacial score (nSPS) is 26.6. The summed E-state index contributed by atoms with van der Waals surface area (Å²) in [6, 6.07) is 11.1. The molecule has 2 nitrogen and oxygen atoms in total. The molecule has 3 unspecified atom stereocenters. The molecule has 0 spiro atoms. The molecule has 0 aliphatic heterocycles. The fourth-order valence-corrected chi connectivity index (χ4v) is 5.19. The summed E-state index contributed by atoms with van der Waals surface area (Å²) in [5, 5.41) is 2.60. The van der Waals surface area contributed by atoms with E-state index in [4.69, 9.17) is 5.73 Å². The van der Waals surface area contributed by atoms with Crippen molar-refractivity contribution < 1.29 is 0 Å². The number of aromatic nitrogens is 1. The van der Waals surface area contributed by atoms with Crippen LogP contribution in [-0.2, 0) is 0 Å². The minimum atomic E-state index is 0.296. The molecule has 0 bridgehead atoms. The maximum Gasteiger partial charge on any atom is 0.150 e. The maximum atomic E-state index is 6.33. The Balaban J connectivity index is 1.70. The van der Waals surface area contributed by atoms with Crippen LogP contribution in [0.3, 0.4) is 0 Å². The van der Waals surface area contributed by atoms with Crippen LogP contribution in [-0.4, -0.2) is 16.3 Å². The van der Waals surface area contributed by atoms with E-state index >= 15 is 0 Å². The van der Waals surface area contributed by atoms with Crippen molar-refractivity contribution in [3.05, 3.63) is 47.0 Å². The van der Waals surface area contributed by atoms with Crippen molar-refractivity contribution in [2.45, 2.75) is 47.7 Å². The van der Waals surface area contributed by atoms with Crippen LogP contribution in [0, 0.1) is 6.92 Å². The fourth-order valence-electron chi connectivity index (χ4n) is 2.83. The lowest BCUT2D eigenvalue weighted by Gasteiger charge is -2.33. The summed E-state index contributed by atoms with van der Waals surface area (Å²) in [7, 11) is 0. The van der Waals surface area contributed by atoms with Crippen LogP contribution in [0.2, 0.25) is 0 Å². The minimum Gasteiger partial charge on any atom is -0.327 e.